The van der Waals surface area contributed by atoms with Crippen LogP contribution in [-0.4, -0.2) is 168 Å². The Morgan fingerprint density at radius 2 is 1.38 bits per heavy atom. The summed E-state index contributed by atoms with van der Waals surface area (Å²) in [5.41, 5.74) is 0.0929. The Morgan fingerprint density at radius 3 is 2.05 bits per heavy atom. The molecule has 3 unspecified atom stereocenters. The number of rotatable bonds is 8. The van der Waals surface area contributed by atoms with Crippen molar-refractivity contribution >= 4 is 5.97 Å². The zero-order valence-electron chi connectivity index (χ0n) is 38.7. The Morgan fingerprint density at radius 1 is 0.703 bits per heavy atom. The van der Waals surface area contributed by atoms with Gasteiger partial charge in [0.1, 0.15) is 54.9 Å². The van der Waals surface area contributed by atoms with Crippen LogP contribution in [0.15, 0.2) is 11.6 Å². The van der Waals surface area contributed by atoms with Gasteiger partial charge in [0.05, 0.1) is 31.5 Å². The first kappa shape index (κ1) is 49.0. The molecule has 17 nitrogen and oxygen atoms in total. The van der Waals surface area contributed by atoms with Crippen LogP contribution in [0, 0.1) is 50.2 Å². The molecule has 4 saturated carbocycles. The molecule has 64 heavy (non-hydrogen) atoms. The first-order chi connectivity index (χ1) is 29.8. The number of aliphatic hydroxyl groups is 9. The fraction of sp³-hybridized carbons (Fsp3) is 0.936. The van der Waals surface area contributed by atoms with E-state index in [1.807, 2.05) is 6.92 Å². The molecule has 3 heterocycles. The fourth-order valence-corrected chi connectivity index (χ4v) is 14.8. The minimum absolute atomic E-state index is 0.0286. The Labute approximate surface area is 376 Å². The van der Waals surface area contributed by atoms with Crippen molar-refractivity contribution in [1.29, 1.82) is 0 Å². The smallest absolute Gasteiger partial charge is 0.335 e. The lowest BCUT2D eigenvalue weighted by Crippen LogP contribution is -2.68. The average molecular weight is 913 g/mol. The number of carboxylic acid groups (broad SMARTS) is 1. The molecule has 0 aromatic heterocycles. The summed E-state index contributed by atoms with van der Waals surface area (Å²) in [4.78, 5) is 12.4. The van der Waals surface area contributed by atoms with E-state index in [0.717, 1.165) is 44.9 Å². The van der Waals surface area contributed by atoms with Crippen molar-refractivity contribution in [1.82, 2.24) is 0 Å². The molecule has 0 aromatic carbocycles. The van der Waals surface area contributed by atoms with Crippen molar-refractivity contribution < 1.29 is 84.3 Å². The van der Waals surface area contributed by atoms with E-state index in [1.165, 1.54) is 12.5 Å². The topological polar surface area (TPSA) is 275 Å². The SMILES string of the molecule is C[C@@H]1O[C@@H](O[C@H]2[C@H](O[C@H]3[C@H](O[C@H]4CC[C@@]5(C)C(CC[C@]6(C)C5CC=C5C7CC(C)(C)C[C@@H](O)[C@]7(C)CC[C@]56C)[C@@]4(C)CO)O[C@H](C(=O)O)[C@@H](O)[C@@H]3O)OC[C@H](O)[C@@H]2O)[C@H](O)[C@H](O)[C@H]1O. The summed E-state index contributed by atoms with van der Waals surface area (Å²) in [6.07, 6.45) is -14.5. The fourth-order valence-electron chi connectivity index (χ4n) is 14.8. The van der Waals surface area contributed by atoms with Crippen molar-refractivity contribution in [2.24, 2.45) is 50.2 Å². The summed E-state index contributed by atoms with van der Waals surface area (Å²) in [5.74, 6) is -1.05. The van der Waals surface area contributed by atoms with Crippen LogP contribution in [0.2, 0.25) is 0 Å². The Balaban J connectivity index is 1.06. The second kappa shape index (κ2) is 16.9. The summed E-state index contributed by atoms with van der Waals surface area (Å²) in [6.45, 7) is 16.8. The van der Waals surface area contributed by atoms with Gasteiger partial charge in [0.15, 0.2) is 25.0 Å². The molecule has 3 aliphatic heterocycles. The largest absolute Gasteiger partial charge is 0.479 e. The van der Waals surface area contributed by atoms with Gasteiger partial charge in [0, 0.05) is 10.8 Å². The number of carbonyl (C=O) groups is 1. The highest BCUT2D eigenvalue weighted by Gasteiger charge is 2.70. The lowest BCUT2D eigenvalue weighted by molar-refractivity contribution is -0.387. The van der Waals surface area contributed by atoms with E-state index in [1.54, 1.807) is 0 Å². The van der Waals surface area contributed by atoms with Gasteiger partial charge in [-0.05, 0) is 104 Å². The van der Waals surface area contributed by atoms with Crippen LogP contribution in [0.25, 0.3) is 0 Å². The molecular formula is C47H76O17. The summed E-state index contributed by atoms with van der Waals surface area (Å²) in [7, 11) is 0. The van der Waals surface area contributed by atoms with Crippen LogP contribution in [0.4, 0.5) is 0 Å². The zero-order valence-corrected chi connectivity index (χ0v) is 38.7. The number of fused-ring (bicyclic) bond motifs is 7. The predicted molar refractivity (Wildman–Crippen MR) is 225 cm³/mol. The van der Waals surface area contributed by atoms with E-state index in [9.17, 15) is 55.9 Å². The van der Waals surface area contributed by atoms with Gasteiger partial charge in [-0.3, -0.25) is 0 Å². The van der Waals surface area contributed by atoms with Crippen molar-refractivity contribution in [3.63, 3.8) is 0 Å². The lowest BCUT2D eigenvalue weighted by atomic mass is 9.33. The number of allylic oxidation sites excluding steroid dienone is 2. The van der Waals surface area contributed by atoms with Crippen molar-refractivity contribution in [2.75, 3.05) is 13.2 Å². The molecule has 24 atom stereocenters. The van der Waals surface area contributed by atoms with Gasteiger partial charge in [0.2, 0.25) is 0 Å². The van der Waals surface area contributed by atoms with Gasteiger partial charge in [0.25, 0.3) is 0 Å². The van der Waals surface area contributed by atoms with Gasteiger partial charge in [-0.2, -0.15) is 0 Å². The van der Waals surface area contributed by atoms with Crippen LogP contribution in [0.3, 0.4) is 0 Å². The molecule has 17 heteroatoms. The quantitative estimate of drug-likeness (QED) is 0.122. The molecule has 8 rings (SSSR count). The molecule has 7 fully saturated rings. The maximum Gasteiger partial charge on any atom is 0.335 e. The molecule has 0 spiro atoms. The second-order valence-corrected chi connectivity index (χ2v) is 23.2. The number of aliphatic hydroxyl groups excluding tert-OH is 9. The first-order valence-electron chi connectivity index (χ1n) is 23.7. The van der Waals surface area contributed by atoms with Gasteiger partial charge in [-0.1, -0.05) is 60.1 Å². The summed E-state index contributed by atoms with van der Waals surface area (Å²) in [6, 6.07) is 0. The van der Waals surface area contributed by atoms with E-state index in [2.05, 4.69) is 47.6 Å². The van der Waals surface area contributed by atoms with Crippen molar-refractivity contribution in [3.05, 3.63) is 11.6 Å². The normalized spacial score (nSPS) is 56.1. The third-order valence-corrected chi connectivity index (χ3v) is 19.1. The average Bonchev–Trinajstić information content (AvgIpc) is 3.22. The minimum atomic E-state index is -2.01. The third-order valence-electron chi connectivity index (χ3n) is 19.1. The minimum Gasteiger partial charge on any atom is -0.479 e. The molecule has 0 radical (unpaired) electrons. The number of hydrogen-bond acceptors (Lipinski definition) is 16. The number of ether oxygens (including phenoxy) is 6. The van der Waals surface area contributed by atoms with E-state index in [4.69, 9.17) is 28.4 Å². The van der Waals surface area contributed by atoms with Gasteiger partial charge in [-0.25, -0.2) is 4.79 Å². The van der Waals surface area contributed by atoms with Gasteiger partial charge >= 0.3 is 5.97 Å². The van der Waals surface area contributed by atoms with Crippen LogP contribution < -0.4 is 0 Å². The highest BCUT2D eigenvalue weighted by Crippen LogP contribution is 2.76. The van der Waals surface area contributed by atoms with Crippen LogP contribution in [0.5, 0.6) is 0 Å². The summed E-state index contributed by atoms with van der Waals surface area (Å²) >= 11 is 0. The highest BCUT2D eigenvalue weighted by molar-refractivity contribution is 5.73. The monoisotopic (exact) mass is 913 g/mol. The standard InChI is InChI=1S/C47H76O17/c1-21-29(51)31(53)34(56)39(60-21)63-36-30(52)24(49)19-59-40(36)64-37-33(55)32(54)35(38(57)58)62-41(37)61-28-12-13-44(5)25(45(28,6)20-48)11-14-47(8)26(44)10-9-22-23-17-42(2,3)18-27(50)43(23,4)15-16-46(22,47)7/h9,21,23-37,39-41,48-56H,10-20H2,1-8H3,(H,57,58)/t21-,23?,24-,25?,26?,27+,28-,29-,30-,31+,32-,33-,34+,35-,36+,37+,39-,40-,41+,43+,44-,45+,46+,47+/m0/s1. The zero-order chi connectivity index (χ0) is 46.9. The molecule has 8 aliphatic rings. The molecule has 366 valence electrons. The van der Waals surface area contributed by atoms with Crippen molar-refractivity contribution in [2.45, 2.75) is 211 Å². The van der Waals surface area contributed by atoms with E-state index >= 15 is 0 Å². The lowest BCUT2D eigenvalue weighted by Gasteiger charge is -2.72. The number of hydrogen-bond donors (Lipinski definition) is 10. The Kier molecular flexibility index (Phi) is 13.0. The second-order valence-electron chi connectivity index (χ2n) is 23.2. The van der Waals surface area contributed by atoms with Crippen molar-refractivity contribution in [3.8, 4) is 0 Å². The van der Waals surface area contributed by atoms with E-state index in [0.29, 0.717) is 18.8 Å². The summed E-state index contributed by atoms with van der Waals surface area (Å²) < 4.78 is 36.1. The highest BCUT2D eigenvalue weighted by atomic mass is 16.8. The maximum absolute atomic E-state index is 12.4. The molecule has 0 aromatic rings. The number of carboxylic acids is 1. The molecule has 5 aliphatic carbocycles. The Bertz CT molecular complexity index is 1760. The molecule has 3 saturated heterocycles. The van der Waals surface area contributed by atoms with Crippen LogP contribution in [-0.2, 0) is 33.2 Å². The Hall–Kier alpha value is -1.39. The molecular weight excluding hydrogens is 837 g/mol. The van der Waals surface area contributed by atoms with Gasteiger partial charge in [-0.15, -0.1) is 0 Å². The molecule has 0 amide bonds. The van der Waals surface area contributed by atoms with Gasteiger partial charge < -0.3 is 79.5 Å². The number of aliphatic carboxylic acids is 1. The van der Waals surface area contributed by atoms with E-state index in [-0.39, 0.29) is 51.6 Å². The van der Waals surface area contributed by atoms with Crippen LogP contribution in [0.1, 0.15) is 113 Å². The van der Waals surface area contributed by atoms with E-state index < -0.39 is 110 Å². The molecule has 0 bridgehead atoms. The summed E-state index contributed by atoms with van der Waals surface area (Å²) in [5, 5.41) is 109. The predicted octanol–water partition coefficient (Wildman–Crippen LogP) is 1.34. The maximum atomic E-state index is 12.4. The third kappa shape index (κ3) is 7.49. The first-order valence-corrected chi connectivity index (χ1v) is 23.7. The van der Waals surface area contributed by atoms with Crippen LogP contribution >= 0.6 is 0 Å². The molecule has 10 N–H and O–H groups in total.